The van der Waals surface area contributed by atoms with Gasteiger partial charge in [0.2, 0.25) is 20.0 Å². The van der Waals surface area contributed by atoms with Gasteiger partial charge in [0.25, 0.3) is 0 Å². The van der Waals surface area contributed by atoms with E-state index in [2.05, 4.69) is 4.72 Å². The first-order valence-corrected chi connectivity index (χ1v) is 9.02. The smallest absolute Gasteiger partial charge is 0.225 e. The van der Waals surface area contributed by atoms with Crippen LogP contribution in [0.2, 0.25) is 0 Å². The molecule has 0 aliphatic rings. The van der Waals surface area contributed by atoms with E-state index in [1.54, 1.807) is 33.8 Å². The molecule has 1 rings (SSSR count). The molecule has 1 aromatic rings. The van der Waals surface area contributed by atoms with Crippen molar-refractivity contribution in [1.82, 2.24) is 4.72 Å². The predicted octanol–water partition coefficient (Wildman–Crippen LogP) is 1.11. The lowest BCUT2D eigenvalue weighted by Gasteiger charge is -2.23. The van der Waals surface area contributed by atoms with Gasteiger partial charge >= 0.3 is 0 Å². The van der Waals surface area contributed by atoms with E-state index in [1.165, 1.54) is 18.2 Å². The van der Waals surface area contributed by atoms with Crippen molar-refractivity contribution in [2.45, 2.75) is 43.4 Å². The number of sulfonamides is 2. The van der Waals surface area contributed by atoms with Crippen LogP contribution in [0, 0.1) is 0 Å². The summed E-state index contributed by atoms with van der Waals surface area (Å²) in [7, 11) is -7.33. The van der Waals surface area contributed by atoms with Crippen LogP contribution in [0.3, 0.4) is 0 Å². The van der Waals surface area contributed by atoms with Crippen LogP contribution >= 0.6 is 0 Å². The lowest BCUT2D eigenvalue weighted by atomic mass is 10.1. The van der Waals surface area contributed by atoms with E-state index in [1.807, 2.05) is 0 Å². The average Bonchev–Trinajstić information content (AvgIpc) is 2.26. The van der Waals surface area contributed by atoms with Crippen LogP contribution in [-0.4, -0.2) is 21.6 Å². The minimum Gasteiger partial charge on any atom is -0.225 e. The van der Waals surface area contributed by atoms with Crippen molar-refractivity contribution in [3.05, 3.63) is 29.8 Å². The number of rotatable bonds is 4. The van der Waals surface area contributed by atoms with E-state index in [9.17, 15) is 16.8 Å². The van der Waals surface area contributed by atoms with Gasteiger partial charge in [-0.05, 0) is 45.4 Å². The SMILES string of the molecule is CC(NS(=O)(=O)C(C)(C)C)c1cccc(S(N)(=O)=O)c1. The second-order valence-corrected chi connectivity index (χ2v) is 9.60. The first-order chi connectivity index (χ1) is 8.84. The molecule has 0 saturated heterocycles. The zero-order valence-corrected chi connectivity index (χ0v) is 13.5. The Kier molecular flexibility index (Phi) is 4.65. The Bertz CT molecular complexity index is 688. The second kappa shape index (κ2) is 5.44. The van der Waals surface area contributed by atoms with Gasteiger partial charge in [0, 0.05) is 6.04 Å². The molecule has 0 heterocycles. The third kappa shape index (κ3) is 4.02. The molecule has 0 spiro atoms. The fourth-order valence-electron chi connectivity index (χ4n) is 1.44. The van der Waals surface area contributed by atoms with Crippen molar-refractivity contribution in [2.75, 3.05) is 0 Å². The van der Waals surface area contributed by atoms with E-state index >= 15 is 0 Å². The summed E-state index contributed by atoms with van der Waals surface area (Å²) in [5, 5.41) is 5.06. The lowest BCUT2D eigenvalue weighted by molar-refractivity contribution is 0.532. The van der Waals surface area contributed by atoms with Crippen LogP contribution in [0.5, 0.6) is 0 Å². The summed E-state index contributed by atoms with van der Waals surface area (Å²) in [5.74, 6) is 0. The van der Waals surface area contributed by atoms with Crippen molar-refractivity contribution >= 4 is 20.0 Å². The molecule has 6 nitrogen and oxygen atoms in total. The highest BCUT2D eigenvalue weighted by Gasteiger charge is 2.30. The summed E-state index contributed by atoms with van der Waals surface area (Å²) in [6.07, 6.45) is 0. The molecule has 114 valence electrons. The zero-order valence-electron chi connectivity index (χ0n) is 11.9. The third-order valence-corrected chi connectivity index (χ3v) is 6.01. The maximum Gasteiger partial charge on any atom is 0.238 e. The molecule has 0 bridgehead atoms. The first kappa shape index (κ1) is 17.1. The molecule has 8 heteroatoms. The maximum absolute atomic E-state index is 12.1. The van der Waals surface area contributed by atoms with Crippen molar-refractivity contribution in [3.63, 3.8) is 0 Å². The third-order valence-electron chi connectivity index (χ3n) is 2.82. The van der Waals surface area contributed by atoms with E-state index in [0.717, 1.165) is 0 Å². The van der Waals surface area contributed by atoms with Crippen molar-refractivity contribution in [2.24, 2.45) is 5.14 Å². The monoisotopic (exact) mass is 320 g/mol. The molecule has 1 atom stereocenters. The lowest BCUT2D eigenvalue weighted by Crippen LogP contribution is -2.40. The molecule has 0 aromatic heterocycles. The summed E-state index contributed by atoms with van der Waals surface area (Å²) in [6, 6.07) is 5.34. The van der Waals surface area contributed by atoms with Crippen LogP contribution in [-0.2, 0) is 20.0 Å². The van der Waals surface area contributed by atoms with Crippen LogP contribution in [0.25, 0.3) is 0 Å². The van der Waals surface area contributed by atoms with E-state index in [0.29, 0.717) is 5.56 Å². The van der Waals surface area contributed by atoms with Crippen LogP contribution in [0.1, 0.15) is 39.3 Å². The number of primary sulfonamides is 1. The Labute approximate surface area is 120 Å². The van der Waals surface area contributed by atoms with E-state index in [4.69, 9.17) is 5.14 Å². The second-order valence-electron chi connectivity index (χ2n) is 5.57. The number of hydrogen-bond donors (Lipinski definition) is 2. The number of nitrogens with one attached hydrogen (secondary N) is 1. The molecule has 0 aliphatic carbocycles. The maximum atomic E-state index is 12.1. The van der Waals surface area contributed by atoms with Gasteiger partial charge in [0.15, 0.2) is 0 Å². The molecule has 0 amide bonds. The fraction of sp³-hybridized carbons (Fsp3) is 0.500. The van der Waals surface area contributed by atoms with Gasteiger partial charge in [-0.2, -0.15) is 0 Å². The summed E-state index contributed by atoms with van der Waals surface area (Å²) >= 11 is 0. The Morgan fingerprint density at radius 2 is 1.70 bits per heavy atom. The molecule has 20 heavy (non-hydrogen) atoms. The van der Waals surface area contributed by atoms with Crippen LogP contribution in [0.4, 0.5) is 0 Å². The topological polar surface area (TPSA) is 106 Å². The highest BCUT2D eigenvalue weighted by Crippen LogP contribution is 2.21. The van der Waals surface area contributed by atoms with Crippen LogP contribution < -0.4 is 9.86 Å². The summed E-state index contributed by atoms with van der Waals surface area (Å²) in [5.41, 5.74) is 0.532. The summed E-state index contributed by atoms with van der Waals surface area (Å²) < 4.78 is 48.3. The minimum absolute atomic E-state index is 0.0446. The normalized spacial score (nSPS) is 15.1. The first-order valence-electron chi connectivity index (χ1n) is 5.99. The molecule has 0 fully saturated rings. The van der Waals surface area contributed by atoms with Crippen LogP contribution in [0.15, 0.2) is 29.2 Å². The van der Waals surface area contributed by atoms with E-state index < -0.39 is 30.8 Å². The molecule has 0 saturated carbocycles. The Morgan fingerprint density at radius 3 is 2.15 bits per heavy atom. The number of benzene rings is 1. The quantitative estimate of drug-likeness (QED) is 0.866. The molecule has 3 N–H and O–H groups in total. The van der Waals surface area contributed by atoms with Gasteiger partial charge in [-0.3, -0.25) is 0 Å². The Balaban J connectivity index is 3.09. The molecule has 0 aliphatic heterocycles. The highest BCUT2D eigenvalue weighted by atomic mass is 32.2. The Hall–Kier alpha value is -0.960. The molecule has 1 unspecified atom stereocenters. The van der Waals surface area contributed by atoms with Gasteiger partial charge in [0.05, 0.1) is 9.64 Å². The Morgan fingerprint density at radius 1 is 1.15 bits per heavy atom. The number of hydrogen-bond acceptors (Lipinski definition) is 4. The summed E-state index contributed by atoms with van der Waals surface area (Å²) in [4.78, 5) is -0.0446. The fourth-order valence-corrected chi connectivity index (χ4v) is 2.96. The average molecular weight is 320 g/mol. The minimum atomic E-state index is -3.81. The number of nitrogens with two attached hydrogens (primary N) is 1. The van der Waals surface area contributed by atoms with Crippen molar-refractivity contribution in [3.8, 4) is 0 Å². The molecule has 1 aromatic carbocycles. The molecular formula is C12H20N2O4S2. The van der Waals surface area contributed by atoms with Gasteiger partial charge in [-0.15, -0.1) is 0 Å². The van der Waals surface area contributed by atoms with Crippen molar-refractivity contribution in [1.29, 1.82) is 0 Å². The van der Waals surface area contributed by atoms with Gasteiger partial charge in [0.1, 0.15) is 0 Å². The summed E-state index contributed by atoms with van der Waals surface area (Å²) in [6.45, 7) is 6.40. The largest absolute Gasteiger partial charge is 0.238 e. The van der Waals surface area contributed by atoms with Gasteiger partial charge in [-0.1, -0.05) is 12.1 Å². The zero-order chi connectivity index (χ0) is 15.8. The van der Waals surface area contributed by atoms with Gasteiger partial charge in [-0.25, -0.2) is 26.7 Å². The highest BCUT2D eigenvalue weighted by molar-refractivity contribution is 7.90. The van der Waals surface area contributed by atoms with Crippen molar-refractivity contribution < 1.29 is 16.8 Å². The predicted molar refractivity (Wildman–Crippen MR) is 78.0 cm³/mol. The standard InChI is InChI=1S/C12H20N2O4S2/c1-9(14-20(17,18)12(2,3)4)10-6-5-7-11(8-10)19(13,15)16/h5-9,14H,1-4H3,(H2,13,15,16). The van der Waals surface area contributed by atoms with E-state index in [-0.39, 0.29) is 4.90 Å². The van der Waals surface area contributed by atoms with Gasteiger partial charge < -0.3 is 0 Å². The molecular weight excluding hydrogens is 300 g/mol. The molecule has 0 radical (unpaired) electrons.